The Kier molecular flexibility index (Phi) is 6.53. The van der Waals surface area contributed by atoms with E-state index in [0.717, 1.165) is 25.7 Å². The lowest BCUT2D eigenvalue weighted by Crippen LogP contribution is -2.36. The largest absolute Gasteiger partial charge is 0.462 e. The number of cyclic esters (lactones) is 1. The van der Waals surface area contributed by atoms with Crippen LogP contribution in [-0.2, 0) is 14.3 Å². The zero-order valence-electron chi connectivity index (χ0n) is 12.7. The van der Waals surface area contributed by atoms with Crippen LogP contribution in [0.2, 0.25) is 0 Å². The standard InChI is InChI=1S/C16H28O3/c1-13-11-9-7-5-4-6-8-10-12-14(17)16(2,3)15(18)19-13/h13H,4-12H2,1-3H3. The number of carbonyl (C=O) groups is 2. The van der Waals surface area contributed by atoms with Crippen LogP contribution < -0.4 is 0 Å². The highest BCUT2D eigenvalue weighted by Gasteiger charge is 2.37. The fourth-order valence-electron chi connectivity index (χ4n) is 2.42. The molecule has 19 heavy (non-hydrogen) atoms. The summed E-state index contributed by atoms with van der Waals surface area (Å²) >= 11 is 0. The van der Waals surface area contributed by atoms with Gasteiger partial charge < -0.3 is 4.74 Å². The molecule has 0 aromatic carbocycles. The molecule has 1 rings (SSSR count). The molecule has 1 heterocycles. The minimum Gasteiger partial charge on any atom is -0.462 e. The fourth-order valence-corrected chi connectivity index (χ4v) is 2.42. The maximum absolute atomic E-state index is 12.1. The maximum atomic E-state index is 12.1. The summed E-state index contributed by atoms with van der Waals surface area (Å²) < 4.78 is 5.42. The Morgan fingerprint density at radius 2 is 1.47 bits per heavy atom. The molecular weight excluding hydrogens is 240 g/mol. The van der Waals surface area contributed by atoms with Crippen LogP contribution in [0.1, 0.15) is 78.6 Å². The Labute approximate surface area is 117 Å². The molecule has 0 radical (unpaired) electrons. The van der Waals surface area contributed by atoms with Crippen molar-refractivity contribution in [3.63, 3.8) is 0 Å². The van der Waals surface area contributed by atoms with Crippen molar-refractivity contribution in [3.05, 3.63) is 0 Å². The van der Waals surface area contributed by atoms with Gasteiger partial charge in [-0.15, -0.1) is 0 Å². The average molecular weight is 268 g/mol. The number of carbonyl (C=O) groups excluding carboxylic acids is 2. The van der Waals surface area contributed by atoms with Crippen LogP contribution in [0.15, 0.2) is 0 Å². The van der Waals surface area contributed by atoms with Gasteiger partial charge in [0.15, 0.2) is 0 Å². The monoisotopic (exact) mass is 268 g/mol. The number of hydrogen-bond acceptors (Lipinski definition) is 3. The van der Waals surface area contributed by atoms with Crippen LogP contribution in [0.5, 0.6) is 0 Å². The highest BCUT2D eigenvalue weighted by Crippen LogP contribution is 2.24. The van der Waals surface area contributed by atoms with Crippen LogP contribution >= 0.6 is 0 Å². The number of rotatable bonds is 0. The van der Waals surface area contributed by atoms with E-state index >= 15 is 0 Å². The molecule has 1 atom stereocenters. The van der Waals surface area contributed by atoms with E-state index in [4.69, 9.17) is 4.74 Å². The van der Waals surface area contributed by atoms with Gasteiger partial charge in [0.25, 0.3) is 0 Å². The summed E-state index contributed by atoms with van der Waals surface area (Å²) in [6, 6.07) is 0. The van der Waals surface area contributed by atoms with Gasteiger partial charge in [-0.25, -0.2) is 0 Å². The Bertz CT molecular complexity index is 307. The van der Waals surface area contributed by atoms with Gasteiger partial charge in [-0.3, -0.25) is 9.59 Å². The smallest absolute Gasteiger partial charge is 0.319 e. The minimum absolute atomic E-state index is 0.0155. The molecule has 1 fully saturated rings. The van der Waals surface area contributed by atoms with Crippen LogP contribution in [0.25, 0.3) is 0 Å². The lowest BCUT2D eigenvalue weighted by atomic mass is 9.85. The molecular formula is C16H28O3. The summed E-state index contributed by atoms with van der Waals surface area (Å²) in [5.41, 5.74) is -0.988. The topological polar surface area (TPSA) is 43.4 Å². The second kappa shape index (κ2) is 7.66. The van der Waals surface area contributed by atoms with E-state index in [1.54, 1.807) is 13.8 Å². The number of hydrogen-bond donors (Lipinski definition) is 0. The van der Waals surface area contributed by atoms with Crippen LogP contribution in [0.4, 0.5) is 0 Å². The van der Waals surface area contributed by atoms with Crippen molar-refractivity contribution in [2.75, 3.05) is 0 Å². The van der Waals surface area contributed by atoms with Gasteiger partial charge in [0.05, 0.1) is 6.10 Å². The quantitative estimate of drug-likeness (QED) is 0.492. The summed E-state index contributed by atoms with van der Waals surface area (Å²) in [6.45, 7) is 5.30. The molecule has 110 valence electrons. The number of esters is 1. The van der Waals surface area contributed by atoms with Gasteiger partial charge in [-0.1, -0.05) is 32.1 Å². The van der Waals surface area contributed by atoms with E-state index in [0.29, 0.717) is 6.42 Å². The summed E-state index contributed by atoms with van der Waals surface area (Å²) in [5.74, 6) is -0.344. The zero-order chi connectivity index (χ0) is 14.3. The Balaban J connectivity index is 2.63. The van der Waals surface area contributed by atoms with E-state index in [-0.39, 0.29) is 17.9 Å². The van der Waals surface area contributed by atoms with E-state index in [1.165, 1.54) is 25.7 Å². The van der Waals surface area contributed by atoms with Crippen molar-refractivity contribution < 1.29 is 14.3 Å². The normalized spacial score (nSPS) is 27.4. The van der Waals surface area contributed by atoms with Crippen molar-refractivity contribution in [2.45, 2.75) is 84.7 Å². The SMILES string of the molecule is CC1CCCCCCCCCC(=O)C(C)(C)C(=O)O1. The minimum atomic E-state index is -0.988. The number of Topliss-reactive ketones (excluding diaryl/α,β-unsaturated/α-hetero) is 1. The first kappa shape index (κ1) is 16.2. The van der Waals surface area contributed by atoms with Gasteiger partial charge in [0.2, 0.25) is 0 Å². The van der Waals surface area contributed by atoms with E-state index < -0.39 is 5.41 Å². The summed E-state index contributed by atoms with van der Waals surface area (Å²) in [6.07, 6.45) is 9.32. The Morgan fingerprint density at radius 1 is 0.947 bits per heavy atom. The van der Waals surface area contributed by atoms with Gasteiger partial charge in [-0.2, -0.15) is 0 Å². The molecule has 0 aromatic heterocycles. The highest BCUT2D eigenvalue weighted by atomic mass is 16.5. The first-order valence-electron chi connectivity index (χ1n) is 7.69. The Morgan fingerprint density at radius 3 is 2.11 bits per heavy atom. The lowest BCUT2D eigenvalue weighted by Gasteiger charge is -2.24. The van der Waals surface area contributed by atoms with Gasteiger partial charge >= 0.3 is 5.97 Å². The summed E-state index contributed by atoms with van der Waals surface area (Å²) in [4.78, 5) is 24.2. The molecule has 1 aliphatic heterocycles. The third-order valence-electron chi connectivity index (χ3n) is 4.03. The second-order valence-electron chi connectivity index (χ2n) is 6.28. The molecule has 0 saturated carbocycles. The predicted octanol–water partition coefficient (Wildman–Crippen LogP) is 4.04. The van der Waals surface area contributed by atoms with E-state index in [9.17, 15) is 9.59 Å². The summed E-state index contributed by atoms with van der Waals surface area (Å²) in [5, 5.41) is 0. The van der Waals surface area contributed by atoms with Gasteiger partial charge in [-0.05, 0) is 40.0 Å². The third-order valence-corrected chi connectivity index (χ3v) is 4.03. The van der Waals surface area contributed by atoms with Gasteiger partial charge in [0, 0.05) is 6.42 Å². The first-order valence-corrected chi connectivity index (χ1v) is 7.69. The third kappa shape index (κ3) is 5.33. The van der Waals surface area contributed by atoms with Crippen LogP contribution in [-0.4, -0.2) is 17.9 Å². The van der Waals surface area contributed by atoms with E-state index in [2.05, 4.69) is 0 Å². The molecule has 0 bridgehead atoms. The highest BCUT2D eigenvalue weighted by molar-refractivity contribution is 6.02. The van der Waals surface area contributed by atoms with Crippen molar-refractivity contribution in [2.24, 2.45) is 5.41 Å². The second-order valence-corrected chi connectivity index (χ2v) is 6.28. The zero-order valence-corrected chi connectivity index (χ0v) is 12.7. The molecule has 0 N–H and O–H groups in total. The fraction of sp³-hybridized carbons (Fsp3) is 0.875. The Hall–Kier alpha value is -0.860. The molecule has 0 aromatic rings. The molecule has 3 heteroatoms. The van der Waals surface area contributed by atoms with Crippen molar-refractivity contribution in [1.29, 1.82) is 0 Å². The molecule has 0 aliphatic carbocycles. The molecule has 0 amide bonds. The molecule has 1 saturated heterocycles. The van der Waals surface area contributed by atoms with Crippen molar-refractivity contribution >= 4 is 11.8 Å². The van der Waals surface area contributed by atoms with Crippen LogP contribution in [0.3, 0.4) is 0 Å². The van der Waals surface area contributed by atoms with Crippen molar-refractivity contribution in [1.82, 2.24) is 0 Å². The number of ketones is 1. The molecule has 3 nitrogen and oxygen atoms in total. The first-order chi connectivity index (χ1) is 8.94. The molecule has 1 aliphatic rings. The summed E-state index contributed by atoms with van der Waals surface area (Å²) in [7, 11) is 0. The molecule has 1 unspecified atom stereocenters. The average Bonchev–Trinajstić information content (AvgIpc) is 2.35. The molecule has 0 spiro atoms. The number of ether oxygens (including phenoxy) is 1. The lowest BCUT2D eigenvalue weighted by molar-refractivity contribution is -0.162. The van der Waals surface area contributed by atoms with Gasteiger partial charge in [0.1, 0.15) is 11.2 Å². The van der Waals surface area contributed by atoms with E-state index in [1.807, 2.05) is 6.92 Å². The maximum Gasteiger partial charge on any atom is 0.319 e. The van der Waals surface area contributed by atoms with Crippen molar-refractivity contribution in [3.8, 4) is 0 Å². The predicted molar refractivity (Wildman–Crippen MR) is 75.9 cm³/mol. The van der Waals surface area contributed by atoms with Crippen LogP contribution in [0, 0.1) is 5.41 Å².